The molecular formula is C55H38. The van der Waals surface area contributed by atoms with Crippen molar-refractivity contribution >= 4 is 43.1 Å². The lowest BCUT2D eigenvalue weighted by Gasteiger charge is -2.24. The summed E-state index contributed by atoms with van der Waals surface area (Å²) in [5, 5.41) is 10.2. The first-order chi connectivity index (χ1) is 27.0. The Balaban J connectivity index is 1.16. The van der Waals surface area contributed by atoms with Crippen LogP contribution >= 0.6 is 0 Å². The molecule has 258 valence electrons. The van der Waals surface area contributed by atoms with Crippen LogP contribution in [0.2, 0.25) is 0 Å². The number of rotatable bonds is 4. The predicted molar refractivity (Wildman–Crippen MR) is 236 cm³/mol. The van der Waals surface area contributed by atoms with E-state index in [-0.39, 0.29) is 5.41 Å². The molecular weight excluding hydrogens is 661 g/mol. The molecule has 0 saturated carbocycles. The molecule has 0 saturated heterocycles. The van der Waals surface area contributed by atoms with Crippen molar-refractivity contribution in [1.29, 1.82) is 0 Å². The van der Waals surface area contributed by atoms with Crippen molar-refractivity contribution in [2.24, 2.45) is 0 Å². The van der Waals surface area contributed by atoms with E-state index in [9.17, 15) is 0 Å². The molecule has 0 N–H and O–H groups in total. The summed E-state index contributed by atoms with van der Waals surface area (Å²) in [5.41, 5.74) is 15.4. The lowest BCUT2D eigenvalue weighted by atomic mass is 9.79. The van der Waals surface area contributed by atoms with Crippen molar-refractivity contribution in [3.05, 3.63) is 205 Å². The van der Waals surface area contributed by atoms with Gasteiger partial charge in [-0.2, -0.15) is 0 Å². The third-order valence-electron chi connectivity index (χ3n) is 12.3. The standard InChI is InChI=1S/C55H38/c1-55(2)51-24-10-9-19-45(51)48-33-49-50(34-52(48)55)54(40-31-27-38(28-32-40)44-23-12-16-36-14-4-6-18-42(36)44)47-21-8-7-20-46(47)53(49)39-29-25-37(26-30-39)43-22-11-15-35-13-3-5-17-41(35)43/h3-34H,1-2H3. The molecule has 0 heteroatoms. The summed E-state index contributed by atoms with van der Waals surface area (Å²) in [5.74, 6) is 0. The molecule has 0 bridgehead atoms. The molecule has 55 heavy (non-hydrogen) atoms. The van der Waals surface area contributed by atoms with E-state index >= 15 is 0 Å². The molecule has 0 spiro atoms. The molecule has 0 fully saturated rings. The molecule has 1 aliphatic rings. The first-order valence-electron chi connectivity index (χ1n) is 19.3. The molecule has 0 unspecified atom stereocenters. The van der Waals surface area contributed by atoms with Crippen LogP contribution < -0.4 is 0 Å². The van der Waals surface area contributed by atoms with Gasteiger partial charge in [-0.25, -0.2) is 0 Å². The summed E-state index contributed by atoms with van der Waals surface area (Å²) >= 11 is 0. The second kappa shape index (κ2) is 12.1. The third kappa shape index (κ3) is 4.85. The molecule has 0 heterocycles. The summed E-state index contributed by atoms with van der Waals surface area (Å²) in [7, 11) is 0. The average Bonchev–Trinajstić information content (AvgIpc) is 3.46. The maximum absolute atomic E-state index is 2.53. The Kier molecular flexibility index (Phi) is 7.00. The van der Waals surface area contributed by atoms with E-state index in [0.29, 0.717) is 0 Å². The maximum Gasteiger partial charge on any atom is 0.0159 e. The van der Waals surface area contributed by atoms with Gasteiger partial charge in [0.1, 0.15) is 0 Å². The topological polar surface area (TPSA) is 0 Å². The maximum atomic E-state index is 2.53. The Morgan fingerprint density at radius 1 is 0.273 bits per heavy atom. The van der Waals surface area contributed by atoms with Crippen LogP contribution in [0.3, 0.4) is 0 Å². The Labute approximate surface area is 322 Å². The normalized spacial score (nSPS) is 13.1. The lowest BCUT2D eigenvalue weighted by molar-refractivity contribution is 0.661. The van der Waals surface area contributed by atoms with Crippen LogP contribution in [0.25, 0.3) is 98.7 Å². The highest BCUT2D eigenvalue weighted by Crippen LogP contribution is 2.53. The van der Waals surface area contributed by atoms with Crippen molar-refractivity contribution in [3.8, 4) is 55.6 Å². The number of benzene rings is 10. The fourth-order valence-corrected chi connectivity index (χ4v) is 9.58. The van der Waals surface area contributed by atoms with Gasteiger partial charge in [0.25, 0.3) is 0 Å². The Morgan fingerprint density at radius 2 is 0.673 bits per heavy atom. The van der Waals surface area contributed by atoms with E-state index in [1.807, 2.05) is 0 Å². The van der Waals surface area contributed by atoms with E-state index in [1.165, 1.54) is 110 Å². The first kappa shape index (κ1) is 31.7. The minimum Gasteiger partial charge on any atom is -0.0619 e. The van der Waals surface area contributed by atoms with Gasteiger partial charge in [0, 0.05) is 5.41 Å². The molecule has 11 rings (SSSR count). The lowest BCUT2D eigenvalue weighted by Crippen LogP contribution is -2.14. The molecule has 1 aliphatic carbocycles. The Morgan fingerprint density at radius 3 is 1.22 bits per heavy atom. The predicted octanol–water partition coefficient (Wildman–Crippen LogP) is 15.3. The van der Waals surface area contributed by atoms with E-state index < -0.39 is 0 Å². The van der Waals surface area contributed by atoms with E-state index in [1.54, 1.807) is 0 Å². The zero-order valence-electron chi connectivity index (χ0n) is 31.0. The highest BCUT2D eigenvalue weighted by Gasteiger charge is 2.36. The first-order valence-corrected chi connectivity index (χ1v) is 19.3. The largest absolute Gasteiger partial charge is 0.0619 e. The zero-order valence-corrected chi connectivity index (χ0v) is 31.0. The van der Waals surface area contributed by atoms with Gasteiger partial charge in [-0.3, -0.25) is 0 Å². The van der Waals surface area contributed by atoms with Gasteiger partial charge in [0.2, 0.25) is 0 Å². The molecule has 0 aliphatic heterocycles. The summed E-state index contributed by atoms with van der Waals surface area (Å²) in [4.78, 5) is 0. The van der Waals surface area contributed by atoms with Crippen molar-refractivity contribution in [3.63, 3.8) is 0 Å². The third-order valence-corrected chi connectivity index (χ3v) is 12.3. The number of fused-ring (bicyclic) bond motifs is 7. The van der Waals surface area contributed by atoms with Crippen LogP contribution in [-0.2, 0) is 5.41 Å². The summed E-state index contributed by atoms with van der Waals surface area (Å²) in [6.45, 7) is 4.77. The van der Waals surface area contributed by atoms with Crippen molar-refractivity contribution in [2.45, 2.75) is 19.3 Å². The van der Waals surface area contributed by atoms with Crippen LogP contribution in [-0.4, -0.2) is 0 Å². The molecule has 0 amide bonds. The molecule has 0 atom stereocenters. The fourth-order valence-electron chi connectivity index (χ4n) is 9.58. The van der Waals surface area contributed by atoms with Gasteiger partial charge in [-0.15, -0.1) is 0 Å². The van der Waals surface area contributed by atoms with Gasteiger partial charge in [-0.05, 0) is 122 Å². The smallest absolute Gasteiger partial charge is 0.0159 e. The Hall–Kier alpha value is -6.76. The second-order valence-corrected chi connectivity index (χ2v) is 15.6. The minimum atomic E-state index is -0.110. The van der Waals surface area contributed by atoms with Gasteiger partial charge >= 0.3 is 0 Å². The zero-order chi connectivity index (χ0) is 36.7. The monoisotopic (exact) mass is 698 g/mol. The van der Waals surface area contributed by atoms with Crippen molar-refractivity contribution < 1.29 is 0 Å². The summed E-state index contributed by atoms with van der Waals surface area (Å²) in [6, 6.07) is 72.2. The van der Waals surface area contributed by atoms with Gasteiger partial charge < -0.3 is 0 Å². The van der Waals surface area contributed by atoms with Crippen LogP contribution in [0.5, 0.6) is 0 Å². The van der Waals surface area contributed by atoms with Crippen LogP contribution in [0.15, 0.2) is 194 Å². The quantitative estimate of drug-likeness (QED) is 0.161. The second-order valence-electron chi connectivity index (χ2n) is 15.6. The minimum absolute atomic E-state index is 0.110. The summed E-state index contributed by atoms with van der Waals surface area (Å²) in [6.07, 6.45) is 0. The molecule has 0 aromatic heterocycles. The highest BCUT2D eigenvalue weighted by atomic mass is 14.4. The van der Waals surface area contributed by atoms with E-state index in [0.717, 1.165) is 0 Å². The molecule has 10 aromatic rings. The Bertz CT molecular complexity index is 3130. The number of hydrogen-bond acceptors (Lipinski definition) is 0. The van der Waals surface area contributed by atoms with E-state index in [2.05, 4.69) is 208 Å². The fraction of sp³-hybridized carbons (Fsp3) is 0.0545. The summed E-state index contributed by atoms with van der Waals surface area (Å²) < 4.78 is 0. The van der Waals surface area contributed by atoms with Crippen molar-refractivity contribution in [2.75, 3.05) is 0 Å². The van der Waals surface area contributed by atoms with Gasteiger partial charge in [0.05, 0.1) is 0 Å². The molecule has 0 radical (unpaired) electrons. The molecule has 0 nitrogen and oxygen atoms in total. The average molecular weight is 699 g/mol. The number of hydrogen-bond donors (Lipinski definition) is 0. The highest BCUT2D eigenvalue weighted by molar-refractivity contribution is 6.22. The van der Waals surface area contributed by atoms with Gasteiger partial charge in [-0.1, -0.05) is 196 Å². The van der Waals surface area contributed by atoms with Crippen LogP contribution in [0.4, 0.5) is 0 Å². The van der Waals surface area contributed by atoms with Gasteiger partial charge in [0.15, 0.2) is 0 Å². The molecule has 10 aromatic carbocycles. The SMILES string of the molecule is CC1(C)c2ccccc2-c2cc3c(-c4ccc(-c5cccc6ccccc56)cc4)c4ccccc4c(-c4ccc(-c5cccc6ccccc56)cc4)c3cc21. The van der Waals surface area contributed by atoms with Crippen LogP contribution in [0.1, 0.15) is 25.0 Å². The van der Waals surface area contributed by atoms with Crippen LogP contribution in [0, 0.1) is 0 Å². The van der Waals surface area contributed by atoms with E-state index in [4.69, 9.17) is 0 Å². The van der Waals surface area contributed by atoms with Crippen molar-refractivity contribution in [1.82, 2.24) is 0 Å².